The van der Waals surface area contributed by atoms with E-state index in [2.05, 4.69) is 21.3 Å². The fourth-order valence-electron chi connectivity index (χ4n) is 5.05. The Bertz CT molecular complexity index is 1510. The lowest BCUT2D eigenvalue weighted by Crippen LogP contribution is -2.53. The number of phenolic OH excluding ortho intramolecular Hbond substituents is 1. The van der Waals surface area contributed by atoms with Crippen LogP contribution in [-0.2, 0) is 27.2 Å². The average Bonchev–Trinajstić information content (AvgIpc) is 3.05. The number of rotatable bonds is 8. The highest BCUT2D eigenvalue weighted by atomic mass is 16.5. The molecule has 0 fully saturated rings. The van der Waals surface area contributed by atoms with E-state index in [0.29, 0.717) is 24.5 Å². The van der Waals surface area contributed by atoms with Crippen LogP contribution < -0.4 is 30.7 Å². The lowest BCUT2D eigenvalue weighted by Gasteiger charge is -2.26. The van der Waals surface area contributed by atoms with Gasteiger partial charge < -0.3 is 35.8 Å². The van der Waals surface area contributed by atoms with Crippen molar-refractivity contribution in [1.29, 1.82) is 0 Å². The van der Waals surface area contributed by atoms with Gasteiger partial charge in [0.25, 0.3) is 5.91 Å². The number of phenols is 1. The Morgan fingerprint density at radius 1 is 0.978 bits per heavy atom. The number of nitrogens with one attached hydrogen (secondary N) is 4. The van der Waals surface area contributed by atoms with E-state index >= 15 is 0 Å². The first-order valence-corrected chi connectivity index (χ1v) is 15.4. The number of ether oxygens (including phenoxy) is 2. The summed E-state index contributed by atoms with van der Waals surface area (Å²) < 4.78 is 11.3. The molecule has 1 aliphatic heterocycles. The highest BCUT2D eigenvalue weighted by Gasteiger charge is 2.29. The third kappa shape index (κ3) is 9.72. The summed E-state index contributed by atoms with van der Waals surface area (Å²) in [7, 11) is 1.59. The van der Waals surface area contributed by atoms with Crippen molar-refractivity contribution >= 4 is 23.6 Å². The number of carbonyl (C=O) groups is 4. The van der Waals surface area contributed by atoms with E-state index in [1.165, 1.54) is 12.1 Å². The molecule has 1 heterocycles. The third-order valence-electron chi connectivity index (χ3n) is 7.84. The van der Waals surface area contributed by atoms with Gasteiger partial charge in [0.05, 0.1) is 18.7 Å². The smallest absolute Gasteiger partial charge is 0.255 e. The maximum atomic E-state index is 13.6. The van der Waals surface area contributed by atoms with Crippen LogP contribution >= 0.6 is 0 Å². The molecule has 4 rings (SSSR count). The molecule has 0 spiro atoms. The molecule has 46 heavy (non-hydrogen) atoms. The maximum Gasteiger partial charge on any atom is 0.255 e. The fraction of sp³-hybridized carbons (Fsp3) is 0.371. The molecule has 11 nitrogen and oxygen atoms in total. The molecule has 1 aliphatic rings. The van der Waals surface area contributed by atoms with Crippen molar-refractivity contribution in [1.82, 2.24) is 21.3 Å². The number of aromatic hydroxyl groups is 1. The van der Waals surface area contributed by atoms with E-state index in [-0.39, 0.29) is 43.1 Å². The van der Waals surface area contributed by atoms with Crippen LogP contribution in [0, 0.1) is 5.92 Å². The van der Waals surface area contributed by atoms with Crippen molar-refractivity contribution in [2.24, 2.45) is 5.92 Å². The Kier molecular flexibility index (Phi) is 12.0. The van der Waals surface area contributed by atoms with E-state index < -0.39 is 41.8 Å². The van der Waals surface area contributed by atoms with Gasteiger partial charge in [-0.25, -0.2) is 0 Å². The standard InChI is InChI=1S/C35H42N4O7/c1-22(2)30-21-46-31-10-5-4-9-27(31)33(42)38-28(34(43)36-18-17-23-7-6-8-26(19-23)45-3)15-16-32(41)37-29(35(44)39-30)20-24-11-13-25(40)14-12-24/h4-14,19,22,28-30,40H,15-18,20-21H2,1-3H3,(H,36,43)(H,37,41)(H,38,42)(H,39,44)/t28-,29-,30-/m0/s1. The predicted octanol–water partition coefficient (Wildman–Crippen LogP) is 2.90. The number of amides is 4. The molecule has 0 radical (unpaired) electrons. The number of fused-ring (bicyclic) bond motifs is 1. The van der Waals surface area contributed by atoms with Crippen LogP contribution in [0.1, 0.15) is 48.2 Å². The van der Waals surface area contributed by atoms with Gasteiger partial charge in [0.1, 0.15) is 35.9 Å². The van der Waals surface area contributed by atoms with E-state index in [9.17, 15) is 24.3 Å². The van der Waals surface area contributed by atoms with Crippen molar-refractivity contribution in [2.75, 3.05) is 20.3 Å². The number of para-hydroxylation sites is 1. The monoisotopic (exact) mass is 630 g/mol. The van der Waals surface area contributed by atoms with Gasteiger partial charge in [0, 0.05) is 19.4 Å². The Hall–Kier alpha value is -5.06. The summed E-state index contributed by atoms with van der Waals surface area (Å²) in [4.78, 5) is 53.6. The second kappa shape index (κ2) is 16.3. The molecular formula is C35H42N4O7. The molecule has 4 amide bonds. The Balaban J connectivity index is 1.56. The number of carbonyl (C=O) groups excluding carboxylic acids is 4. The van der Waals surface area contributed by atoms with Crippen LogP contribution in [0.2, 0.25) is 0 Å². The van der Waals surface area contributed by atoms with Crippen molar-refractivity contribution in [3.05, 3.63) is 89.5 Å². The minimum Gasteiger partial charge on any atom is -0.508 e. The summed E-state index contributed by atoms with van der Waals surface area (Å²) in [6.45, 7) is 4.25. The molecule has 0 unspecified atom stereocenters. The third-order valence-corrected chi connectivity index (χ3v) is 7.84. The van der Waals surface area contributed by atoms with Crippen molar-refractivity contribution in [2.45, 2.75) is 57.7 Å². The first kappa shape index (κ1) is 33.8. The summed E-state index contributed by atoms with van der Waals surface area (Å²) in [5.74, 6) is -0.729. The van der Waals surface area contributed by atoms with Gasteiger partial charge in [0.15, 0.2) is 0 Å². The summed E-state index contributed by atoms with van der Waals surface area (Å²) >= 11 is 0. The summed E-state index contributed by atoms with van der Waals surface area (Å²) in [6, 6.07) is 18.2. The van der Waals surface area contributed by atoms with Crippen molar-refractivity contribution < 1.29 is 33.8 Å². The molecule has 0 saturated carbocycles. The van der Waals surface area contributed by atoms with Gasteiger partial charge in [-0.15, -0.1) is 0 Å². The van der Waals surface area contributed by atoms with Crippen LogP contribution in [0.15, 0.2) is 72.8 Å². The minimum atomic E-state index is -1.03. The molecular weight excluding hydrogens is 588 g/mol. The van der Waals surface area contributed by atoms with Gasteiger partial charge in [-0.1, -0.05) is 50.2 Å². The average molecular weight is 631 g/mol. The summed E-state index contributed by atoms with van der Waals surface area (Å²) in [5, 5.41) is 21.2. The Morgan fingerprint density at radius 3 is 2.48 bits per heavy atom. The van der Waals surface area contributed by atoms with Crippen molar-refractivity contribution in [3.8, 4) is 17.2 Å². The SMILES string of the molecule is COc1cccc(CCNC(=O)[C@@H]2CCC(=O)N[C@@H](Cc3ccc(O)cc3)C(=O)N[C@H](C(C)C)COc3ccccc3C(=O)N2)c1. The van der Waals surface area contributed by atoms with Crippen LogP contribution in [0.5, 0.6) is 17.2 Å². The van der Waals surface area contributed by atoms with Crippen LogP contribution in [0.4, 0.5) is 0 Å². The van der Waals surface area contributed by atoms with Crippen molar-refractivity contribution in [3.63, 3.8) is 0 Å². The molecule has 0 bridgehead atoms. The van der Waals surface area contributed by atoms with Gasteiger partial charge >= 0.3 is 0 Å². The van der Waals surface area contributed by atoms with Gasteiger partial charge in [-0.3, -0.25) is 19.2 Å². The zero-order valence-electron chi connectivity index (χ0n) is 26.4. The van der Waals surface area contributed by atoms with Gasteiger partial charge in [-0.2, -0.15) is 0 Å². The molecule has 0 aliphatic carbocycles. The Labute approximate surface area is 269 Å². The molecule has 0 saturated heterocycles. The van der Waals surface area contributed by atoms with Crippen LogP contribution in [0.3, 0.4) is 0 Å². The molecule has 0 aromatic heterocycles. The minimum absolute atomic E-state index is 0.00619. The summed E-state index contributed by atoms with van der Waals surface area (Å²) in [6.07, 6.45) is 0.580. The normalized spacial score (nSPS) is 19.3. The van der Waals surface area contributed by atoms with E-state index in [1.807, 2.05) is 38.1 Å². The highest BCUT2D eigenvalue weighted by molar-refractivity contribution is 5.99. The maximum absolute atomic E-state index is 13.6. The molecule has 3 aromatic carbocycles. The van der Waals surface area contributed by atoms with Gasteiger partial charge in [0.2, 0.25) is 17.7 Å². The van der Waals surface area contributed by atoms with Gasteiger partial charge in [-0.05, 0) is 66.3 Å². The lowest BCUT2D eigenvalue weighted by molar-refractivity contribution is -0.130. The zero-order chi connectivity index (χ0) is 33.1. The van der Waals surface area contributed by atoms with E-state index in [0.717, 1.165) is 11.1 Å². The zero-order valence-corrected chi connectivity index (χ0v) is 26.4. The topological polar surface area (TPSA) is 155 Å². The predicted molar refractivity (Wildman–Crippen MR) is 173 cm³/mol. The quantitative estimate of drug-likeness (QED) is 0.256. The summed E-state index contributed by atoms with van der Waals surface area (Å²) in [5.41, 5.74) is 1.94. The first-order valence-electron chi connectivity index (χ1n) is 15.4. The second-order valence-electron chi connectivity index (χ2n) is 11.6. The first-order chi connectivity index (χ1) is 22.1. The number of hydrogen-bond donors (Lipinski definition) is 5. The van der Waals surface area contributed by atoms with E-state index in [4.69, 9.17) is 9.47 Å². The number of hydrogen-bond acceptors (Lipinski definition) is 7. The molecule has 5 N–H and O–H groups in total. The number of methoxy groups -OCH3 is 1. The number of benzene rings is 3. The second-order valence-corrected chi connectivity index (χ2v) is 11.6. The Morgan fingerprint density at radius 2 is 1.74 bits per heavy atom. The van der Waals surface area contributed by atoms with E-state index in [1.54, 1.807) is 43.5 Å². The van der Waals surface area contributed by atoms with Crippen LogP contribution in [-0.4, -0.2) is 67.1 Å². The highest BCUT2D eigenvalue weighted by Crippen LogP contribution is 2.20. The largest absolute Gasteiger partial charge is 0.508 e. The fourth-order valence-corrected chi connectivity index (χ4v) is 5.05. The molecule has 3 aromatic rings. The lowest BCUT2D eigenvalue weighted by atomic mass is 10.0. The molecule has 3 atom stereocenters. The molecule has 11 heteroatoms. The molecule has 244 valence electrons. The van der Waals surface area contributed by atoms with Crippen LogP contribution in [0.25, 0.3) is 0 Å².